The minimum absolute atomic E-state index is 0.222. The molecule has 6 heteroatoms. The molecule has 18 heavy (non-hydrogen) atoms. The number of nitro groups is 1. The van der Waals surface area contributed by atoms with Crippen molar-refractivity contribution in [2.24, 2.45) is 5.92 Å². The second-order valence-corrected chi connectivity index (χ2v) is 4.50. The van der Waals surface area contributed by atoms with Crippen molar-refractivity contribution in [1.82, 2.24) is 5.32 Å². The molecule has 0 unspecified atom stereocenters. The molecule has 0 bridgehead atoms. The van der Waals surface area contributed by atoms with Crippen LogP contribution in [0.5, 0.6) is 0 Å². The van der Waals surface area contributed by atoms with E-state index in [1.807, 2.05) is 0 Å². The van der Waals surface area contributed by atoms with Gasteiger partial charge in [0.25, 0.3) is 5.69 Å². The van der Waals surface area contributed by atoms with Crippen LogP contribution in [-0.2, 0) is 0 Å². The van der Waals surface area contributed by atoms with Gasteiger partial charge in [0.1, 0.15) is 0 Å². The Labute approximate surface area is 105 Å². The number of hydrogen-bond acceptors (Lipinski definition) is 4. The van der Waals surface area contributed by atoms with E-state index in [1.54, 1.807) is 0 Å². The molecule has 1 heterocycles. The fourth-order valence-corrected chi connectivity index (χ4v) is 2.10. The Morgan fingerprint density at radius 3 is 2.78 bits per heavy atom. The molecule has 1 aliphatic heterocycles. The van der Waals surface area contributed by atoms with Crippen LogP contribution < -0.4 is 10.6 Å². The molecule has 1 aromatic carbocycles. The van der Waals surface area contributed by atoms with Gasteiger partial charge in [0.15, 0.2) is 5.82 Å². The second kappa shape index (κ2) is 5.77. The summed E-state index contributed by atoms with van der Waals surface area (Å²) >= 11 is 0. The van der Waals surface area contributed by atoms with Crippen molar-refractivity contribution in [2.75, 3.05) is 25.0 Å². The van der Waals surface area contributed by atoms with E-state index in [1.165, 1.54) is 12.1 Å². The molecular formula is C12H16FN3O2. The first-order chi connectivity index (χ1) is 8.66. The zero-order chi connectivity index (χ0) is 13.0. The van der Waals surface area contributed by atoms with Crippen LogP contribution in [0.2, 0.25) is 0 Å². The maximum Gasteiger partial charge on any atom is 0.272 e. The van der Waals surface area contributed by atoms with Crippen molar-refractivity contribution in [3.63, 3.8) is 0 Å². The highest BCUT2D eigenvalue weighted by Crippen LogP contribution is 2.21. The van der Waals surface area contributed by atoms with Gasteiger partial charge in [-0.2, -0.15) is 0 Å². The van der Waals surface area contributed by atoms with E-state index in [-0.39, 0.29) is 5.69 Å². The van der Waals surface area contributed by atoms with Crippen molar-refractivity contribution in [1.29, 1.82) is 0 Å². The van der Waals surface area contributed by atoms with Gasteiger partial charge >= 0.3 is 0 Å². The number of nitrogens with zero attached hydrogens (tertiary/aromatic N) is 1. The molecular weight excluding hydrogens is 237 g/mol. The summed E-state index contributed by atoms with van der Waals surface area (Å²) in [5.74, 6) is -0.0426. The Morgan fingerprint density at radius 1 is 1.44 bits per heavy atom. The van der Waals surface area contributed by atoms with E-state index in [0.29, 0.717) is 18.2 Å². The number of benzene rings is 1. The van der Waals surface area contributed by atoms with Gasteiger partial charge < -0.3 is 10.6 Å². The Hall–Kier alpha value is -1.69. The molecule has 0 atom stereocenters. The number of piperidine rings is 1. The Balaban J connectivity index is 1.94. The predicted octanol–water partition coefficient (Wildman–Crippen LogP) is 2.15. The lowest BCUT2D eigenvalue weighted by molar-refractivity contribution is -0.385. The lowest BCUT2D eigenvalue weighted by Crippen LogP contribution is -2.31. The summed E-state index contributed by atoms with van der Waals surface area (Å²) in [6, 6.07) is 3.69. The third kappa shape index (κ3) is 3.16. The molecule has 0 aliphatic carbocycles. The van der Waals surface area contributed by atoms with Crippen molar-refractivity contribution in [2.45, 2.75) is 12.8 Å². The minimum Gasteiger partial charge on any atom is -0.382 e. The lowest BCUT2D eigenvalue weighted by Gasteiger charge is -2.23. The van der Waals surface area contributed by atoms with Crippen LogP contribution >= 0.6 is 0 Å². The SMILES string of the molecule is O=[N+]([O-])c1ccc(NCC2CCNCC2)c(F)c1. The minimum atomic E-state index is -0.598. The second-order valence-electron chi connectivity index (χ2n) is 4.50. The first-order valence-electron chi connectivity index (χ1n) is 6.05. The molecule has 1 saturated heterocycles. The largest absolute Gasteiger partial charge is 0.382 e. The first kappa shape index (κ1) is 12.8. The molecule has 0 spiro atoms. The molecule has 1 aliphatic rings. The number of halogens is 1. The number of rotatable bonds is 4. The van der Waals surface area contributed by atoms with Gasteiger partial charge in [0, 0.05) is 12.6 Å². The van der Waals surface area contributed by atoms with Gasteiger partial charge in [-0.05, 0) is 37.9 Å². The molecule has 0 radical (unpaired) electrons. The average molecular weight is 253 g/mol. The maximum absolute atomic E-state index is 13.6. The van der Waals surface area contributed by atoms with E-state index >= 15 is 0 Å². The summed E-state index contributed by atoms with van der Waals surface area (Å²) < 4.78 is 13.6. The predicted molar refractivity (Wildman–Crippen MR) is 67.1 cm³/mol. The van der Waals surface area contributed by atoms with Crippen molar-refractivity contribution in [3.8, 4) is 0 Å². The first-order valence-corrected chi connectivity index (χ1v) is 6.05. The number of nitro benzene ring substituents is 1. The number of non-ortho nitro benzene ring substituents is 1. The van der Waals surface area contributed by atoms with Crippen LogP contribution in [-0.4, -0.2) is 24.6 Å². The van der Waals surface area contributed by atoms with Crippen LogP contribution in [0.1, 0.15) is 12.8 Å². The standard InChI is InChI=1S/C12H16FN3O2/c13-11-7-10(16(17)18)1-2-12(11)15-8-9-3-5-14-6-4-9/h1-2,7,9,14-15H,3-6,8H2. The van der Waals surface area contributed by atoms with Gasteiger partial charge in [-0.1, -0.05) is 0 Å². The molecule has 2 rings (SSSR count). The van der Waals surface area contributed by atoms with Crippen molar-refractivity contribution in [3.05, 3.63) is 34.1 Å². The van der Waals surface area contributed by atoms with Crippen LogP contribution in [0.15, 0.2) is 18.2 Å². The number of nitrogens with one attached hydrogen (secondary N) is 2. The van der Waals surface area contributed by atoms with E-state index < -0.39 is 10.7 Å². The molecule has 0 saturated carbocycles. The van der Waals surface area contributed by atoms with Gasteiger partial charge in [0.05, 0.1) is 16.7 Å². The molecule has 1 fully saturated rings. The van der Waals surface area contributed by atoms with E-state index in [2.05, 4.69) is 10.6 Å². The van der Waals surface area contributed by atoms with Gasteiger partial charge in [-0.25, -0.2) is 4.39 Å². The molecule has 2 N–H and O–H groups in total. The Bertz CT molecular complexity index is 433. The Morgan fingerprint density at radius 2 is 2.17 bits per heavy atom. The normalized spacial score (nSPS) is 16.5. The zero-order valence-electron chi connectivity index (χ0n) is 9.99. The van der Waals surface area contributed by atoms with Crippen LogP contribution in [0, 0.1) is 21.8 Å². The van der Waals surface area contributed by atoms with E-state index in [0.717, 1.165) is 32.0 Å². The molecule has 1 aromatic rings. The van der Waals surface area contributed by atoms with Crippen LogP contribution in [0.25, 0.3) is 0 Å². The number of anilines is 1. The third-order valence-corrected chi connectivity index (χ3v) is 3.20. The monoisotopic (exact) mass is 253 g/mol. The van der Waals surface area contributed by atoms with Crippen LogP contribution in [0.3, 0.4) is 0 Å². The maximum atomic E-state index is 13.6. The summed E-state index contributed by atoms with van der Waals surface area (Å²) in [5, 5.41) is 16.8. The highest BCUT2D eigenvalue weighted by atomic mass is 19.1. The topological polar surface area (TPSA) is 67.2 Å². The van der Waals surface area contributed by atoms with Crippen molar-refractivity contribution >= 4 is 11.4 Å². The van der Waals surface area contributed by atoms with Gasteiger partial charge in [-0.15, -0.1) is 0 Å². The zero-order valence-corrected chi connectivity index (χ0v) is 9.99. The smallest absolute Gasteiger partial charge is 0.272 e. The van der Waals surface area contributed by atoms with Gasteiger partial charge in [0.2, 0.25) is 0 Å². The van der Waals surface area contributed by atoms with E-state index in [9.17, 15) is 14.5 Å². The average Bonchev–Trinajstić information content (AvgIpc) is 2.38. The quantitative estimate of drug-likeness (QED) is 0.637. The third-order valence-electron chi connectivity index (χ3n) is 3.20. The van der Waals surface area contributed by atoms with Gasteiger partial charge in [-0.3, -0.25) is 10.1 Å². The Kier molecular flexibility index (Phi) is 4.09. The highest BCUT2D eigenvalue weighted by Gasteiger charge is 2.14. The summed E-state index contributed by atoms with van der Waals surface area (Å²) in [6.45, 7) is 2.70. The fraction of sp³-hybridized carbons (Fsp3) is 0.500. The molecule has 0 amide bonds. The number of hydrogen-bond donors (Lipinski definition) is 2. The van der Waals surface area contributed by atoms with E-state index in [4.69, 9.17) is 0 Å². The summed E-state index contributed by atoms with van der Waals surface area (Å²) in [7, 11) is 0. The summed E-state index contributed by atoms with van der Waals surface area (Å²) in [4.78, 5) is 9.88. The summed E-state index contributed by atoms with van der Waals surface area (Å²) in [6.07, 6.45) is 2.14. The highest BCUT2D eigenvalue weighted by molar-refractivity contribution is 5.50. The fourth-order valence-electron chi connectivity index (χ4n) is 2.10. The molecule has 5 nitrogen and oxygen atoms in total. The molecule has 0 aromatic heterocycles. The van der Waals surface area contributed by atoms with Crippen LogP contribution in [0.4, 0.5) is 15.8 Å². The van der Waals surface area contributed by atoms with Crippen molar-refractivity contribution < 1.29 is 9.31 Å². The lowest BCUT2D eigenvalue weighted by atomic mass is 9.98. The molecule has 98 valence electrons. The summed E-state index contributed by atoms with van der Waals surface area (Å²) in [5.41, 5.74) is 0.110.